The first-order valence-corrected chi connectivity index (χ1v) is 15.9. The maximum Gasteiger partial charge on any atom is 2.00 e. The molecule has 0 atom stereocenters. The Hall–Kier alpha value is -1.08. The first kappa shape index (κ1) is 53.5. The van der Waals surface area contributed by atoms with Crippen LogP contribution in [0.1, 0.15) is 182 Å². The van der Waals surface area contributed by atoms with Crippen LogP contribution in [0, 0.1) is 0 Å². The maximum atomic E-state index is 9.92. The largest absolute Gasteiger partial charge is 2.00 e. The predicted molar refractivity (Wildman–Crippen MR) is 154 cm³/mol. The van der Waals surface area contributed by atoms with Crippen LogP contribution in [0.5, 0.6) is 0 Å². The Kier molecular flexibility index (Phi) is 63.1. The van der Waals surface area contributed by atoms with E-state index in [1.165, 1.54) is 51.4 Å². The molecule has 0 aromatic rings. The van der Waals surface area contributed by atoms with Crippen molar-refractivity contribution in [3.8, 4) is 0 Å². The fourth-order valence-corrected chi connectivity index (χ4v) is 3.49. The fraction of sp³-hybridized carbons (Fsp3) is 0.875. The zero-order valence-corrected chi connectivity index (χ0v) is 28.7. The minimum Gasteiger partial charge on any atom is -0.550 e. The molecule has 0 aliphatic carbocycles. The smallest absolute Gasteiger partial charge is 0.550 e. The second kappa shape index (κ2) is 49.6. The second-order valence-electron chi connectivity index (χ2n) is 10.1. The van der Waals surface area contributed by atoms with Crippen LogP contribution in [0.25, 0.3) is 0 Å². The summed E-state index contributed by atoms with van der Waals surface area (Å²) in [5, 5.41) is 39.7. The third-order valence-electron chi connectivity index (χ3n) is 5.94. The molecule has 258 valence electrons. The van der Waals surface area contributed by atoms with Gasteiger partial charge in [-0.05, 0) is 51.4 Å². The number of carboxylic acid groups (broad SMARTS) is 4. The van der Waals surface area contributed by atoms with Gasteiger partial charge in [0.15, 0.2) is 0 Å². The van der Waals surface area contributed by atoms with Gasteiger partial charge in [0, 0.05) is 23.9 Å². The van der Waals surface area contributed by atoms with E-state index in [-0.39, 0.29) is 59.8 Å². The Labute approximate surface area is 278 Å². The first-order valence-electron chi connectivity index (χ1n) is 15.9. The summed E-state index contributed by atoms with van der Waals surface area (Å²) < 4.78 is 0. The van der Waals surface area contributed by atoms with E-state index in [1.54, 1.807) is 0 Å². The van der Waals surface area contributed by atoms with Gasteiger partial charge in [0.2, 0.25) is 0 Å². The number of unbranched alkanes of at least 4 members (excludes halogenated alkanes) is 16. The monoisotopic (exact) mass is 698 g/mol. The molecular weight excluding hydrogens is 639 g/mol. The molecule has 0 aromatic heterocycles. The van der Waals surface area contributed by atoms with Gasteiger partial charge >= 0.3 is 34.1 Å². The molecule has 8 nitrogen and oxygen atoms in total. The number of carbonyl (C=O) groups is 4. The minimum absolute atomic E-state index is 0. The molecule has 0 aliphatic rings. The molecule has 42 heavy (non-hydrogen) atoms. The van der Waals surface area contributed by atoms with E-state index in [2.05, 4.69) is 27.7 Å². The van der Waals surface area contributed by atoms with Crippen LogP contribution < -0.4 is 20.4 Å². The van der Waals surface area contributed by atoms with E-state index < -0.39 is 23.9 Å². The van der Waals surface area contributed by atoms with E-state index in [1.807, 2.05) is 0 Å². The van der Waals surface area contributed by atoms with E-state index in [0.29, 0.717) is 0 Å². The van der Waals surface area contributed by atoms with Crippen molar-refractivity contribution >= 4 is 23.9 Å². The summed E-state index contributed by atoms with van der Waals surface area (Å²) in [6.45, 7) is 8.55. The van der Waals surface area contributed by atoms with Gasteiger partial charge in [-0.1, -0.05) is 130 Å². The Bertz CT molecular complexity index is 465. The van der Waals surface area contributed by atoms with E-state index in [9.17, 15) is 39.6 Å². The second-order valence-corrected chi connectivity index (χ2v) is 10.1. The first-order chi connectivity index (χ1) is 19.1. The summed E-state index contributed by atoms with van der Waals surface area (Å²) in [6, 6.07) is 0. The van der Waals surface area contributed by atoms with Crippen molar-refractivity contribution in [2.24, 2.45) is 0 Å². The molecule has 0 bridgehead atoms. The van der Waals surface area contributed by atoms with Crippen molar-refractivity contribution < 1.29 is 73.7 Å². The molecule has 0 saturated heterocycles. The molecule has 0 heterocycles. The van der Waals surface area contributed by atoms with Crippen molar-refractivity contribution in [1.82, 2.24) is 0 Å². The van der Waals surface area contributed by atoms with Crippen LogP contribution in [-0.4, -0.2) is 23.9 Å². The summed E-state index contributed by atoms with van der Waals surface area (Å²) in [7, 11) is 0. The standard InChI is InChI=1S/4C8H16O2.2Cu/c4*1-2-3-4-5-6-7-8(9)10;;/h4*2-7H2,1H3,(H,9,10);;/q;;;;2*+2/p-4. The quantitative estimate of drug-likeness (QED) is 0.106. The molecule has 0 aromatic carbocycles. The van der Waals surface area contributed by atoms with Gasteiger partial charge in [0.25, 0.3) is 0 Å². The summed E-state index contributed by atoms with van der Waals surface area (Å²) in [5.41, 5.74) is 0. The van der Waals surface area contributed by atoms with Crippen molar-refractivity contribution in [3.05, 3.63) is 0 Å². The Morgan fingerprint density at radius 1 is 0.310 bits per heavy atom. The number of hydrogen-bond acceptors (Lipinski definition) is 8. The Balaban J connectivity index is -0.000000101. The van der Waals surface area contributed by atoms with Crippen LogP contribution in [0.2, 0.25) is 0 Å². The zero-order chi connectivity index (χ0) is 31.3. The van der Waals surface area contributed by atoms with Crippen molar-refractivity contribution in [3.63, 3.8) is 0 Å². The average molecular weight is 700 g/mol. The Morgan fingerprint density at radius 2 is 0.452 bits per heavy atom. The normalized spacial score (nSPS) is 9.24. The van der Waals surface area contributed by atoms with Crippen molar-refractivity contribution in [2.75, 3.05) is 0 Å². The van der Waals surface area contributed by atoms with Crippen LogP contribution in [-0.2, 0) is 53.3 Å². The molecule has 0 amide bonds. The number of carboxylic acids is 4. The van der Waals surface area contributed by atoms with Gasteiger partial charge in [-0.15, -0.1) is 0 Å². The van der Waals surface area contributed by atoms with Crippen molar-refractivity contribution in [1.29, 1.82) is 0 Å². The predicted octanol–water partition coefficient (Wildman–Crippen LogP) is 4.38. The number of carbonyl (C=O) groups excluding carboxylic acids is 4. The topological polar surface area (TPSA) is 161 Å². The zero-order valence-electron chi connectivity index (χ0n) is 26.8. The third kappa shape index (κ3) is 77.2. The molecule has 10 heteroatoms. The summed E-state index contributed by atoms with van der Waals surface area (Å²) in [5.74, 6) is -3.68. The molecule has 0 fully saturated rings. The van der Waals surface area contributed by atoms with Gasteiger partial charge in [-0.25, -0.2) is 0 Å². The minimum atomic E-state index is -0.920. The van der Waals surface area contributed by atoms with Crippen LogP contribution in [0.4, 0.5) is 0 Å². The number of hydrogen-bond donors (Lipinski definition) is 0. The molecule has 0 unspecified atom stereocenters. The van der Waals surface area contributed by atoms with Gasteiger partial charge in [-0.2, -0.15) is 0 Å². The van der Waals surface area contributed by atoms with Crippen LogP contribution >= 0.6 is 0 Å². The van der Waals surface area contributed by atoms with Crippen LogP contribution in [0.3, 0.4) is 0 Å². The molecule has 2 radical (unpaired) electrons. The van der Waals surface area contributed by atoms with E-state index in [4.69, 9.17) is 0 Å². The molecular formula is C32H60Cu2O8. The van der Waals surface area contributed by atoms with Crippen molar-refractivity contribution in [2.45, 2.75) is 182 Å². The third-order valence-corrected chi connectivity index (χ3v) is 5.94. The summed E-state index contributed by atoms with van der Waals surface area (Å²) in [6.07, 6.45) is 22.4. The van der Waals surface area contributed by atoms with Gasteiger partial charge < -0.3 is 39.6 Å². The summed E-state index contributed by atoms with van der Waals surface area (Å²) in [4.78, 5) is 39.7. The van der Waals surface area contributed by atoms with Gasteiger partial charge in [-0.3, -0.25) is 0 Å². The SMILES string of the molecule is CCCCCCCC(=O)[O-].CCCCCCCC(=O)[O-].CCCCCCCC(=O)[O-].CCCCCCCC(=O)[O-].[Cu+2].[Cu+2]. The number of aliphatic carboxylic acids is 4. The van der Waals surface area contributed by atoms with E-state index in [0.717, 1.165) is 77.0 Å². The number of rotatable bonds is 24. The van der Waals surface area contributed by atoms with Crippen LogP contribution in [0.15, 0.2) is 0 Å². The molecule has 0 rings (SSSR count). The van der Waals surface area contributed by atoms with E-state index >= 15 is 0 Å². The molecule has 0 aliphatic heterocycles. The summed E-state index contributed by atoms with van der Waals surface area (Å²) >= 11 is 0. The molecule has 0 N–H and O–H groups in total. The maximum absolute atomic E-state index is 9.92. The fourth-order valence-electron chi connectivity index (χ4n) is 3.49. The van der Waals surface area contributed by atoms with Gasteiger partial charge in [0.05, 0.1) is 0 Å². The molecule has 0 saturated carbocycles. The molecule has 0 spiro atoms. The average Bonchev–Trinajstić information content (AvgIpc) is 2.89. The van der Waals surface area contributed by atoms with Gasteiger partial charge in [0.1, 0.15) is 0 Å². The Morgan fingerprint density at radius 3 is 0.571 bits per heavy atom.